The third-order valence-electron chi connectivity index (χ3n) is 12.1. The van der Waals surface area contributed by atoms with Crippen molar-refractivity contribution in [3.05, 3.63) is 107 Å². The van der Waals surface area contributed by atoms with E-state index in [0.29, 0.717) is 72.5 Å². The van der Waals surface area contributed by atoms with Gasteiger partial charge in [0, 0.05) is 72.0 Å². The molecule has 0 N–H and O–H groups in total. The van der Waals surface area contributed by atoms with Crippen molar-refractivity contribution in [2.75, 3.05) is 13.2 Å². The summed E-state index contributed by atoms with van der Waals surface area (Å²) >= 11 is 0. The van der Waals surface area contributed by atoms with Crippen LogP contribution in [0.5, 0.6) is 23.3 Å². The van der Waals surface area contributed by atoms with Gasteiger partial charge in [-0.3, -0.25) is 0 Å². The van der Waals surface area contributed by atoms with Gasteiger partial charge in [0.05, 0.1) is 13.2 Å². The van der Waals surface area contributed by atoms with Crippen molar-refractivity contribution >= 4 is 0 Å². The molecule has 11 heteroatoms. The van der Waals surface area contributed by atoms with E-state index in [0.717, 1.165) is 71.9 Å². The number of hydrogen-bond acceptors (Lipinski definition) is 11. The SMILES string of the molecule is CCCCCCCCCCCc1cnc(-c2ccc(Oc3ccc(-c4ncc(CCCCCCCCCCC)cn4)cc3Cc3cc(OCCC)no3)c(Cc3cc(OCCC)no3)c2)nc1. The summed E-state index contributed by atoms with van der Waals surface area (Å²) in [4.78, 5) is 19.3. The summed E-state index contributed by atoms with van der Waals surface area (Å²) in [5.74, 6) is 4.87. The molecule has 4 heterocycles. The Morgan fingerprint density at radius 1 is 0.418 bits per heavy atom. The molecule has 0 aliphatic heterocycles. The summed E-state index contributed by atoms with van der Waals surface area (Å²) in [5, 5.41) is 8.34. The molecule has 0 fully saturated rings. The number of hydrogen-bond donors (Lipinski definition) is 0. The van der Waals surface area contributed by atoms with Crippen molar-refractivity contribution in [1.29, 1.82) is 0 Å². The van der Waals surface area contributed by atoms with Crippen LogP contribution < -0.4 is 14.2 Å². The highest BCUT2D eigenvalue weighted by atomic mass is 16.5. The Morgan fingerprint density at radius 2 is 0.791 bits per heavy atom. The lowest BCUT2D eigenvalue weighted by molar-refractivity contribution is 0.276. The molecule has 6 aromatic rings. The zero-order chi connectivity index (χ0) is 46.7. The maximum atomic E-state index is 6.87. The molecule has 0 saturated carbocycles. The second kappa shape index (κ2) is 29.2. The predicted octanol–water partition coefficient (Wildman–Crippen LogP) is 15.3. The number of unbranched alkanes of at least 4 members (excludes halogenated alkanes) is 16. The predicted molar refractivity (Wildman–Crippen MR) is 267 cm³/mol. The van der Waals surface area contributed by atoms with E-state index >= 15 is 0 Å². The third kappa shape index (κ3) is 17.5. The van der Waals surface area contributed by atoms with Crippen LogP contribution in [-0.2, 0) is 25.7 Å². The van der Waals surface area contributed by atoms with E-state index < -0.39 is 0 Å². The van der Waals surface area contributed by atoms with Crippen molar-refractivity contribution in [2.24, 2.45) is 0 Å². The summed E-state index contributed by atoms with van der Waals surface area (Å²) in [6.45, 7) is 9.79. The van der Waals surface area contributed by atoms with E-state index in [1.165, 1.54) is 103 Å². The molecule has 360 valence electrons. The van der Waals surface area contributed by atoms with Crippen molar-refractivity contribution in [3.8, 4) is 46.0 Å². The highest BCUT2D eigenvalue weighted by Gasteiger charge is 2.18. The monoisotopic (exact) mass is 913 g/mol. The van der Waals surface area contributed by atoms with E-state index in [-0.39, 0.29) is 0 Å². The van der Waals surface area contributed by atoms with Gasteiger partial charge in [0.25, 0.3) is 11.8 Å². The van der Waals surface area contributed by atoms with Crippen LogP contribution in [0.2, 0.25) is 0 Å². The quantitative estimate of drug-likeness (QED) is 0.0358. The fourth-order valence-electron chi connectivity index (χ4n) is 8.26. The number of aryl methyl sites for hydroxylation is 2. The van der Waals surface area contributed by atoms with Crippen LogP contribution in [0.15, 0.2) is 82.4 Å². The molecule has 0 aliphatic carbocycles. The second-order valence-electron chi connectivity index (χ2n) is 18.0. The first-order valence-electron chi connectivity index (χ1n) is 25.8. The van der Waals surface area contributed by atoms with Gasteiger partial charge in [-0.1, -0.05) is 130 Å². The molecule has 11 nitrogen and oxygen atoms in total. The maximum absolute atomic E-state index is 6.87. The highest BCUT2D eigenvalue weighted by Crippen LogP contribution is 2.36. The van der Waals surface area contributed by atoms with Crippen LogP contribution in [0.1, 0.15) is 190 Å². The lowest BCUT2D eigenvalue weighted by Crippen LogP contribution is -2.00. The summed E-state index contributed by atoms with van der Waals surface area (Å²) in [5.41, 5.74) is 5.86. The lowest BCUT2D eigenvalue weighted by atomic mass is 10.0. The van der Waals surface area contributed by atoms with Crippen molar-refractivity contribution in [1.82, 2.24) is 30.2 Å². The summed E-state index contributed by atoms with van der Waals surface area (Å²) < 4.78 is 30.0. The van der Waals surface area contributed by atoms with Crippen LogP contribution in [0.4, 0.5) is 0 Å². The van der Waals surface area contributed by atoms with Gasteiger partial charge in [-0.25, -0.2) is 19.9 Å². The molecular formula is C56H76N6O5. The summed E-state index contributed by atoms with van der Waals surface area (Å²) in [7, 11) is 0. The van der Waals surface area contributed by atoms with Crippen molar-refractivity contribution in [2.45, 2.75) is 182 Å². The van der Waals surface area contributed by atoms with Crippen LogP contribution in [0, 0.1) is 0 Å². The van der Waals surface area contributed by atoms with E-state index in [9.17, 15) is 0 Å². The van der Waals surface area contributed by atoms with Crippen LogP contribution in [-0.4, -0.2) is 43.5 Å². The molecule has 0 bridgehead atoms. The molecule has 67 heavy (non-hydrogen) atoms. The molecule has 0 amide bonds. The Kier molecular flexibility index (Phi) is 22.2. The fourth-order valence-corrected chi connectivity index (χ4v) is 8.26. The molecule has 0 unspecified atom stereocenters. The first-order chi connectivity index (χ1) is 33.0. The molecule has 2 aromatic carbocycles. The minimum Gasteiger partial charge on any atom is -0.476 e. The number of ether oxygens (including phenoxy) is 3. The van der Waals surface area contributed by atoms with E-state index in [1.54, 1.807) is 0 Å². The van der Waals surface area contributed by atoms with Gasteiger partial charge in [-0.15, -0.1) is 0 Å². The molecular weight excluding hydrogens is 837 g/mol. The van der Waals surface area contributed by atoms with Crippen molar-refractivity contribution in [3.63, 3.8) is 0 Å². The topological polar surface area (TPSA) is 131 Å². The summed E-state index contributed by atoms with van der Waals surface area (Å²) in [6.07, 6.45) is 35.9. The minimum absolute atomic E-state index is 0.412. The number of benzene rings is 2. The van der Waals surface area contributed by atoms with Gasteiger partial charge in [0.1, 0.15) is 23.0 Å². The number of nitrogens with zero attached hydrogens (tertiary/aromatic N) is 6. The normalized spacial score (nSPS) is 11.3. The minimum atomic E-state index is 0.412. The third-order valence-corrected chi connectivity index (χ3v) is 12.1. The van der Waals surface area contributed by atoms with Gasteiger partial charge in [0.15, 0.2) is 11.6 Å². The number of rotatable bonds is 34. The average Bonchev–Trinajstić information content (AvgIpc) is 4.01. The molecule has 0 spiro atoms. The zero-order valence-electron chi connectivity index (χ0n) is 41.0. The van der Waals surface area contributed by atoms with Gasteiger partial charge >= 0.3 is 0 Å². The van der Waals surface area contributed by atoms with Gasteiger partial charge in [-0.05, 0) is 96.4 Å². The maximum Gasteiger partial charge on any atom is 0.254 e. The highest BCUT2D eigenvalue weighted by molar-refractivity contribution is 5.62. The smallest absolute Gasteiger partial charge is 0.254 e. The Labute approximate surface area is 400 Å². The van der Waals surface area contributed by atoms with E-state index in [4.69, 9.17) is 43.2 Å². The Balaban J connectivity index is 1.18. The Bertz CT molecular complexity index is 2110. The zero-order valence-corrected chi connectivity index (χ0v) is 41.0. The largest absolute Gasteiger partial charge is 0.476 e. The molecule has 6 rings (SSSR count). The van der Waals surface area contributed by atoms with E-state index in [2.05, 4.69) is 50.1 Å². The van der Waals surface area contributed by atoms with Crippen LogP contribution >= 0.6 is 0 Å². The Hall–Kier alpha value is -5.58. The number of aromatic nitrogens is 6. The van der Waals surface area contributed by atoms with Gasteiger partial charge in [0.2, 0.25) is 0 Å². The molecule has 0 aliphatic rings. The van der Waals surface area contributed by atoms with Gasteiger partial charge in [-0.2, -0.15) is 0 Å². The Morgan fingerprint density at radius 3 is 1.16 bits per heavy atom. The van der Waals surface area contributed by atoms with Crippen molar-refractivity contribution < 1.29 is 23.3 Å². The lowest BCUT2D eigenvalue weighted by Gasteiger charge is -2.16. The van der Waals surface area contributed by atoms with Crippen LogP contribution in [0.25, 0.3) is 22.8 Å². The standard InChI is InChI=1S/C56H76N6O5/c1-5-9-11-13-15-17-19-21-23-25-43-39-57-55(58-40-43)45-27-29-51(47(33-45)35-49-37-53(61-66-49)63-31-7-3)65-52-30-28-46(34-48(52)36-50-38-54(62-67-50)64-32-8-4)56-59-41-44(42-60-56)26-24-22-20-18-16-14-12-10-6-2/h27-30,33-34,37-42H,5-26,31-32,35-36H2,1-4H3. The second-order valence-corrected chi connectivity index (χ2v) is 18.0. The molecule has 4 aromatic heterocycles. The molecule has 0 saturated heterocycles. The molecule has 0 atom stereocenters. The first-order valence-corrected chi connectivity index (χ1v) is 25.8. The van der Waals surface area contributed by atoms with Gasteiger partial charge < -0.3 is 23.3 Å². The summed E-state index contributed by atoms with van der Waals surface area (Å²) in [6, 6.07) is 15.8. The van der Waals surface area contributed by atoms with E-state index in [1.807, 2.05) is 61.2 Å². The fraction of sp³-hybridized carbons (Fsp3) is 0.536. The first kappa shape index (κ1) is 50.8. The molecule has 0 radical (unpaired) electrons. The average molecular weight is 913 g/mol. The van der Waals surface area contributed by atoms with Crippen LogP contribution in [0.3, 0.4) is 0 Å².